The van der Waals surface area contributed by atoms with Gasteiger partial charge in [0.05, 0.1) is 25.8 Å². The molecular weight excluding hydrogens is 332 g/mol. The van der Waals surface area contributed by atoms with E-state index in [1.165, 1.54) is 27.2 Å². The molecular formula is C13H23ClN2O7. The molecule has 1 amide bonds. The van der Waals surface area contributed by atoms with Gasteiger partial charge in [0.25, 0.3) is 0 Å². The topological polar surface area (TPSA) is 140 Å². The third-order valence-electron chi connectivity index (χ3n) is 3.29. The first kappa shape index (κ1) is 21.6. The van der Waals surface area contributed by atoms with Crippen LogP contribution in [0.4, 0.5) is 0 Å². The second-order valence-corrected chi connectivity index (χ2v) is 4.86. The molecule has 0 bridgehead atoms. The number of carbonyl (C=O) groups is 2. The van der Waals surface area contributed by atoms with Crippen molar-refractivity contribution in [2.75, 3.05) is 20.8 Å². The summed E-state index contributed by atoms with van der Waals surface area (Å²) in [6.45, 7) is 0.714. The first-order chi connectivity index (χ1) is 10.3. The van der Waals surface area contributed by atoms with E-state index < -0.39 is 43.0 Å². The summed E-state index contributed by atoms with van der Waals surface area (Å²) in [5.41, 5.74) is 5.96. The summed E-state index contributed by atoms with van der Waals surface area (Å²) < 4.78 is 15.2. The van der Waals surface area contributed by atoms with Gasteiger partial charge in [-0.3, -0.25) is 4.79 Å². The number of rotatable bonds is 6. The predicted molar refractivity (Wildman–Crippen MR) is 81.7 cm³/mol. The van der Waals surface area contributed by atoms with Crippen molar-refractivity contribution in [1.82, 2.24) is 5.32 Å². The number of amides is 1. The number of hydrogen-bond donors (Lipinski definition) is 4. The Morgan fingerprint density at radius 1 is 1.48 bits per heavy atom. The zero-order valence-electron chi connectivity index (χ0n) is 13.1. The van der Waals surface area contributed by atoms with Crippen molar-refractivity contribution in [3.8, 4) is 0 Å². The SMILES string of the molecule is COC(=O)C1=C[C@H](N)[C@@H](NC(C)=O)[C@H]([C@H](OC)[C@H](O)CO)O1.Cl. The number of esters is 1. The number of nitrogens with one attached hydrogen (secondary N) is 1. The summed E-state index contributed by atoms with van der Waals surface area (Å²) in [4.78, 5) is 23.0. The maximum Gasteiger partial charge on any atom is 0.373 e. The molecule has 0 saturated carbocycles. The molecule has 0 fully saturated rings. The van der Waals surface area contributed by atoms with Gasteiger partial charge in [-0.25, -0.2) is 4.79 Å². The van der Waals surface area contributed by atoms with Crippen molar-refractivity contribution in [2.45, 2.75) is 37.3 Å². The number of nitrogens with two attached hydrogens (primary N) is 1. The van der Waals surface area contributed by atoms with E-state index in [1.807, 2.05) is 0 Å². The van der Waals surface area contributed by atoms with Gasteiger partial charge >= 0.3 is 5.97 Å². The molecule has 23 heavy (non-hydrogen) atoms. The highest BCUT2D eigenvalue weighted by atomic mass is 35.5. The van der Waals surface area contributed by atoms with Gasteiger partial charge in [0.1, 0.15) is 18.3 Å². The minimum Gasteiger partial charge on any atom is -0.478 e. The van der Waals surface area contributed by atoms with E-state index >= 15 is 0 Å². The molecule has 0 aromatic carbocycles. The lowest BCUT2D eigenvalue weighted by Gasteiger charge is -2.40. The Morgan fingerprint density at radius 2 is 2.09 bits per heavy atom. The predicted octanol–water partition coefficient (Wildman–Crippen LogP) is -1.94. The summed E-state index contributed by atoms with van der Waals surface area (Å²) in [7, 11) is 2.49. The fourth-order valence-corrected chi connectivity index (χ4v) is 2.27. The molecule has 5 atom stereocenters. The molecule has 0 aromatic heterocycles. The summed E-state index contributed by atoms with van der Waals surface area (Å²) >= 11 is 0. The highest BCUT2D eigenvalue weighted by molar-refractivity contribution is 5.86. The molecule has 0 aromatic rings. The van der Waals surface area contributed by atoms with Crippen molar-refractivity contribution < 1.29 is 34.0 Å². The average Bonchev–Trinajstić information content (AvgIpc) is 2.49. The quantitative estimate of drug-likeness (QED) is 0.404. The number of ether oxygens (including phenoxy) is 3. The van der Waals surface area contributed by atoms with E-state index in [0.717, 1.165) is 0 Å². The Balaban J connectivity index is 0.00000484. The van der Waals surface area contributed by atoms with Crippen LogP contribution < -0.4 is 11.1 Å². The molecule has 1 aliphatic rings. The van der Waals surface area contributed by atoms with E-state index in [1.54, 1.807) is 0 Å². The maximum absolute atomic E-state index is 11.6. The van der Waals surface area contributed by atoms with Crippen molar-refractivity contribution in [3.63, 3.8) is 0 Å². The lowest BCUT2D eigenvalue weighted by Crippen LogP contribution is -2.62. The third kappa shape index (κ3) is 5.33. The summed E-state index contributed by atoms with van der Waals surface area (Å²) in [6.07, 6.45) is -1.96. The first-order valence-electron chi connectivity index (χ1n) is 6.66. The monoisotopic (exact) mass is 354 g/mol. The highest BCUT2D eigenvalue weighted by Gasteiger charge is 2.43. The molecule has 134 valence electrons. The molecule has 1 heterocycles. The third-order valence-corrected chi connectivity index (χ3v) is 3.29. The molecule has 9 nitrogen and oxygen atoms in total. The molecule has 1 aliphatic heterocycles. The minimum atomic E-state index is -1.28. The molecule has 0 radical (unpaired) electrons. The largest absolute Gasteiger partial charge is 0.478 e. The Hall–Kier alpha value is -1.39. The second kappa shape index (κ2) is 9.68. The minimum absolute atomic E-state index is 0. The number of aliphatic hydroxyl groups excluding tert-OH is 2. The van der Waals surface area contributed by atoms with Gasteiger partial charge < -0.3 is 35.5 Å². The number of methoxy groups -OCH3 is 2. The van der Waals surface area contributed by atoms with Crippen LogP contribution in [0.25, 0.3) is 0 Å². The van der Waals surface area contributed by atoms with Crippen molar-refractivity contribution >= 4 is 24.3 Å². The molecule has 1 rings (SSSR count). The number of carbonyl (C=O) groups excluding carboxylic acids is 2. The zero-order valence-corrected chi connectivity index (χ0v) is 13.9. The van der Waals surface area contributed by atoms with E-state index in [-0.39, 0.29) is 24.1 Å². The summed E-state index contributed by atoms with van der Waals surface area (Å²) in [5, 5.41) is 21.6. The van der Waals surface area contributed by atoms with Crippen LogP contribution in [0.5, 0.6) is 0 Å². The van der Waals surface area contributed by atoms with E-state index in [0.29, 0.717) is 0 Å². The Labute approximate surface area is 140 Å². The van der Waals surface area contributed by atoms with Gasteiger partial charge in [0.2, 0.25) is 11.7 Å². The fraction of sp³-hybridized carbons (Fsp3) is 0.692. The second-order valence-electron chi connectivity index (χ2n) is 4.86. The number of aliphatic hydroxyl groups is 2. The van der Waals surface area contributed by atoms with Crippen LogP contribution in [-0.4, -0.2) is 73.3 Å². The lowest BCUT2D eigenvalue weighted by molar-refractivity contribution is -0.151. The number of hydrogen-bond acceptors (Lipinski definition) is 8. The van der Waals surface area contributed by atoms with Gasteiger partial charge in [-0.15, -0.1) is 12.4 Å². The number of halogens is 1. The van der Waals surface area contributed by atoms with Gasteiger partial charge in [0.15, 0.2) is 0 Å². The Morgan fingerprint density at radius 3 is 2.52 bits per heavy atom. The molecule has 5 N–H and O–H groups in total. The first-order valence-corrected chi connectivity index (χ1v) is 6.66. The highest BCUT2D eigenvalue weighted by Crippen LogP contribution is 2.24. The van der Waals surface area contributed by atoms with Gasteiger partial charge in [-0.2, -0.15) is 0 Å². The van der Waals surface area contributed by atoms with Crippen LogP contribution >= 0.6 is 12.4 Å². The molecule has 0 saturated heterocycles. The standard InChI is InChI=1S/C13H22N2O7.ClH/c1-6(17)15-10-7(14)4-9(13(19)21-3)22-12(10)11(20-2)8(18)5-16;/h4,7-8,10-12,16,18H,5,14H2,1-3H3,(H,15,17);1H/t7-,8+,10+,11+,12+;/m0./s1. The van der Waals surface area contributed by atoms with Crippen LogP contribution in [0.15, 0.2) is 11.8 Å². The van der Waals surface area contributed by atoms with Crippen LogP contribution in [0.1, 0.15) is 6.92 Å². The smallest absolute Gasteiger partial charge is 0.373 e. The molecule has 0 aliphatic carbocycles. The Bertz CT molecular complexity index is 446. The van der Waals surface area contributed by atoms with Crippen LogP contribution in [-0.2, 0) is 23.8 Å². The van der Waals surface area contributed by atoms with E-state index in [2.05, 4.69) is 10.1 Å². The zero-order chi connectivity index (χ0) is 16.9. The fourth-order valence-electron chi connectivity index (χ4n) is 2.27. The van der Waals surface area contributed by atoms with E-state index in [9.17, 15) is 14.7 Å². The van der Waals surface area contributed by atoms with Crippen LogP contribution in [0.2, 0.25) is 0 Å². The summed E-state index contributed by atoms with van der Waals surface area (Å²) in [5.74, 6) is -1.25. The van der Waals surface area contributed by atoms with Crippen LogP contribution in [0, 0.1) is 0 Å². The average molecular weight is 355 g/mol. The van der Waals surface area contributed by atoms with Crippen LogP contribution in [0.3, 0.4) is 0 Å². The molecule has 10 heteroatoms. The Kier molecular flexibility index (Phi) is 9.10. The van der Waals surface area contributed by atoms with Crippen molar-refractivity contribution in [3.05, 3.63) is 11.8 Å². The van der Waals surface area contributed by atoms with Gasteiger partial charge in [-0.1, -0.05) is 0 Å². The van der Waals surface area contributed by atoms with E-state index in [4.69, 9.17) is 20.3 Å². The normalized spacial score (nSPS) is 26.0. The maximum atomic E-state index is 11.6. The van der Waals surface area contributed by atoms with Crippen molar-refractivity contribution in [1.29, 1.82) is 0 Å². The van der Waals surface area contributed by atoms with Gasteiger partial charge in [0, 0.05) is 14.0 Å². The molecule has 0 unspecified atom stereocenters. The van der Waals surface area contributed by atoms with Crippen molar-refractivity contribution in [2.24, 2.45) is 5.73 Å². The molecule has 0 spiro atoms. The lowest BCUT2D eigenvalue weighted by atomic mass is 9.92. The summed E-state index contributed by atoms with van der Waals surface area (Å²) in [6, 6.07) is -1.52. The van der Waals surface area contributed by atoms with Gasteiger partial charge in [-0.05, 0) is 6.08 Å².